The van der Waals surface area contributed by atoms with E-state index in [1.807, 2.05) is 11.8 Å². The molecule has 0 aliphatic heterocycles. The highest BCUT2D eigenvalue weighted by Gasteiger charge is 2.11. The summed E-state index contributed by atoms with van der Waals surface area (Å²) >= 11 is 1.84. The second-order valence-corrected chi connectivity index (χ2v) is 3.42. The lowest BCUT2D eigenvalue weighted by molar-refractivity contribution is 0.233. The summed E-state index contributed by atoms with van der Waals surface area (Å²) in [7, 11) is 0. The van der Waals surface area contributed by atoms with E-state index in [0.29, 0.717) is 17.8 Å². The molecule has 1 N–H and O–H groups in total. The number of rotatable bonds is 4. The molecule has 2 heteroatoms. The fourth-order valence-corrected chi connectivity index (χ4v) is 1.80. The largest absolute Gasteiger partial charge is 0.396 e. The monoisotopic (exact) mass is 148 g/mol. The summed E-state index contributed by atoms with van der Waals surface area (Å²) in [6.07, 6.45) is 3.25. The smallest absolute Gasteiger partial charge is 0.0467 e. The van der Waals surface area contributed by atoms with E-state index in [-0.39, 0.29) is 0 Å². The molecule has 0 heterocycles. The summed E-state index contributed by atoms with van der Waals surface area (Å²) in [6, 6.07) is 0. The van der Waals surface area contributed by atoms with E-state index in [2.05, 4.69) is 20.1 Å². The molecule has 9 heavy (non-hydrogen) atoms. The Balaban J connectivity index is 3.50. The van der Waals surface area contributed by atoms with Gasteiger partial charge in [-0.15, -0.1) is 0 Å². The molecule has 0 rings (SSSR count). The summed E-state index contributed by atoms with van der Waals surface area (Å²) in [4.78, 5) is 0. The van der Waals surface area contributed by atoms with Crippen LogP contribution in [0.1, 0.15) is 20.3 Å². The normalized spacial score (nSPS) is 17.3. The van der Waals surface area contributed by atoms with Gasteiger partial charge in [-0.3, -0.25) is 0 Å². The number of hydrogen-bond acceptors (Lipinski definition) is 2. The van der Waals surface area contributed by atoms with Gasteiger partial charge < -0.3 is 5.11 Å². The predicted molar refractivity (Wildman–Crippen MR) is 43.8 cm³/mol. The summed E-state index contributed by atoms with van der Waals surface area (Å²) in [5.41, 5.74) is 0. The van der Waals surface area contributed by atoms with E-state index in [0.717, 1.165) is 6.42 Å². The highest BCUT2D eigenvalue weighted by atomic mass is 32.2. The maximum absolute atomic E-state index is 8.75. The molecule has 0 saturated heterocycles. The van der Waals surface area contributed by atoms with Crippen molar-refractivity contribution in [3.63, 3.8) is 0 Å². The van der Waals surface area contributed by atoms with E-state index in [9.17, 15) is 0 Å². The molecule has 0 aromatic carbocycles. The Hall–Kier alpha value is 0.310. The second kappa shape index (κ2) is 5.12. The first-order valence-corrected chi connectivity index (χ1v) is 4.68. The summed E-state index contributed by atoms with van der Waals surface area (Å²) in [5, 5.41) is 9.39. The van der Waals surface area contributed by atoms with Gasteiger partial charge in [0.05, 0.1) is 0 Å². The minimum Gasteiger partial charge on any atom is -0.396 e. The number of aliphatic hydroxyl groups excluding tert-OH is 1. The molecule has 56 valence electrons. The third-order valence-electron chi connectivity index (χ3n) is 1.63. The molecule has 1 nitrogen and oxygen atoms in total. The highest BCUT2D eigenvalue weighted by molar-refractivity contribution is 7.99. The van der Waals surface area contributed by atoms with Crippen LogP contribution in [0.25, 0.3) is 0 Å². The predicted octanol–water partition coefficient (Wildman–Crippen LogP) is 1.76. The average molecular weight is 148 g/mol. The van der Waals surface area contributed by atoms with Gasteiger partial charge in [-0.05, 0) is 18.6 Å². The van der Waals surface area contributed by atoms with Crippen LogP contribution in [0.4, 0.5) is 0 Å². The van der Waals surface area contributed by atoms with E-state index in [1.165, 1.54) is 0 Å². The van der Waals surface area contributed by atoms with Crippen LogP contribution in [0.5, 0.6) is 0 Å². The van der Waals surface area contributed by atoms with Gasteiger partial charge in [0.2, 0.25) is 0 Å². The number of aliphatic hydroxyl groups is 1. The molecule has 2 atom stereocenters. The molecule has 0 fully saturated rings. The zero-order chi connectivity index (χ0) is 7.28. The SMILES string of the molecule is CCC(SC)C(C)CO. The fourth-order valence-electron chi connectivity index (χ4n) is 0.919. The van der Waals surface area contributed by atoms with Crippen LogP contribution in [0.2, 0.25) is 0 Å². The zero-order valence-corrected chi connectivity index (χ0v) is 7.24. The third-order valence-corrected chi connectivity index (χ3v) is 3.03. The molecular formula is C7H16OS. The summed E-state index contributed by atoms with van der Waals surface area (Å²) < 4.78 is 0. The molecule has 0 aromatic rings. The number of hydrogen-bond donors (Lipinski definition) is 1. The van der Waals surface area contributed by atoms with Crippen molar-refractivity contribution < 1.29 is 5.11 Å². The van der Waals surface area contributed by atoms with Crippen LogP contribution in [0, 0.1) is 5.92 Å². The molecule has 0 aliphatic rings. The van der Waals surface area contributed by atoms with Gasteiger partial charge in [-0.2, -0.15) is 11.8 Å². The first kappa shape index (κ1) is 9.31. The molecular weight excluding hydrogens is 132 g/mol. The first-order valence-electron chi connectivity index (χ1n) is 3.39. The van der Waals surface area contributed by atoms with Crippen molar-refractivity contribution in [2.75, 3.05) is 12.9 Å². The van der Waals surface area contributed by atoms with Gasteiger partial charge >= 0.3 is 0 Å². The van der Waals surface area contributed by atoms with Crippen LogP contribution < -0.4 is 0 Å². The Morgan fingerprint density at radius 1 is 1.56 bits per heavy atom. The van der Waals surface area contributed by atoms with Gasteiger partial charge in [0.25, 0.3) is 0 Å². The van der Waals surface area contributed by atoms with E-state index in [1.54, 1.807) is 0 Å². The minimum absolute atomic E-state index is 0.319. The first-order chi connectivity index (χ1) is 4.26. The van der Waals surface area contributed by atoms with Crippen LogP contribution in [0.15, 0.2) is 0 Å². The fraction of sp³-hybridized carbons (Fsp3) is 1.00. The number of thioether (sulfide) groups is 1. The quantitative estimate of drug-likeness (QED) is 0.655. The Bertz CT molecular complexity index is 61.9. The lowest BCUT2D eigenvalue weighted by Crippen LogP contribution is -2.16. The third kappa shape index (κ3) is 3.11. The molecule has 0 spiro atoms. The molecule has 0 radical (unpaired) electrons. The van der Waals surface area contributed by atoms with E-state index < -0.39 is 0 Å². The van der Waals surface area contributed by atoms with Crippen LogP contribution >= 0.6 is 11.8 Å². The zero-order valence-electron chi connectivity index (χ0n) is 6.42. The van der Waals surface area contributed by atoms with Crippen LogP contribution in [-0.4, -0.2) is 23.2 Å². The van der Waals surface area contributed by atoms with Crippen LogP contribution in [0.3, 0.4) is 0 Å². The minimum atomic E-state index is 0.319. The van der Waals surface area contributed by atoms with E-state index in [4.69, 9.17) is 5.11 Å². The molecule has 2 unspecified atom stereocenters. The van der Waals surface area contributed by atoms with Crippen molar-refractivity contribution in [1.82, 2.24) is 0 Å². The Morgan fingerprint density at radius 2 is 2.11 bits per heavy atom. The Kier molecular flexibility index (Phi) is 5.30. The van der Waals surface area contributed by atoms with Crippen molar-refractivity contribution >= 4 is 11.8 Å². The van der Waals surface area contributed by atoms with Crippen molar-refractivity contribution in [2.24, 2.45) is 5.92 Å². The van der Waals surface area contributed by atoms with Crippen molar-refractivity contribution in [3.8, 4) is 0 Å². The average Bonchev–Trinajstić information content (AvgIpc) is 1.90. The molecule has 0 aromatic heterocycles. The van der Waals surface area contributed by atoms with Crippen molar-refractivity contribution in [1.29, 1.82) is 0 Å². The summed E-state index contributed by atoms with van der Waals surface area (Å²) in [5.74, 6) is 0.449. The lowest BCUT2D eigenvalue weighted by Gasteiger charge is -2.17. The molecule has 0 bridgehead atoms. The highest BCUT2D eigenvalue weighted by Crippen LogP contribution is 2.19. The maximum Gasteiger partial charge on any atom is 0.0467 e. The Labute approximate surface area is 61.8 Å². The topological polar surface area (TPSA) is 20.2 Å². The second-order valence-electron chi connectivity index (χ2n) is 2.34. The molecule has 0 aliphatic carbocycles. The van der Waals surface area contributed by atoms with Gasteiger partial charge in [0, 0.05) is 11.9 Å². The summed E-state index contributed by atoms with van der Waals surface area (Å²) in [6.45, 7) is 4.57. The standard InChI is InChI=1S/C7H16OS/c1-4-7(9-3)6(2)5-8/h6-8H,4-5H2,1-3H3. The van der Waals surface area contributed by atoms with Crippen molar-refractivity contribution in [3.05, 3.63) is 0 Å². The van der Waals surface area contributed by atoms with Gasteiger partial charge in [-0.1, -0.05) is 13.8 Å². The van der Waals surface area contributed by atoms with Gasteiger partial charge in [0.15, 0.2) is 0 Å². The Morgan fingerprint density at radius 3 is 2.22 bits per heavy atom. The van der Waals surface area contributed by atoms with E-state index >= 15 is 0 Å². The lowest BCUT2D eigenvalue weighted by atomic mass is 10.1. The van der Waals surface area contributed by atoms with Gasteiger partial charge in [-0.25, -0.2) is 0 Å². The van der Waals surface area contributed by atoms with Crippen LogP contribution in [-0.2, 0) is 0 Å². The van der Waals surface area contributed by atoms with Gasteiger partial charge in [0.1, 0.15) is 0 Å². The molecule has 0 amide bonds. The maximum atomic E-state index is 8.75. The van der Waals surface area contributed by atoms with Crippen molar-refractivity contribution in [2.45, 2.75) is 25.5 Å². The molecule has 0 saturated carbocycles.